The summed E-state index contributed by atoms with van der Waals surface area (Å²) in [6.45, 7) is 7.68. The number of rotatable bonds is 5. The van der Waals surface area contributed by atoms with E-state index >= 15 is 0 Å². The molecule has 0 saturated carbocycles. The van der Waals surface area contributed by atoms with Gasteiger partial charge >= 0.3 is 0 Å². The lowest BCUT2D eigenvalue weighted by Gasteiger charge is -2.32. The van der Waals surface area contributed by atoms with Gasteiger partial charge in [0.05, 0.1) is 6.61 Å². The number of carbonyl (C=O) groups is 1. The summed E-state index contributed by atoms with van der Waals surface area (Å²) < 4.78 is 5.43. The predicted molar refractivity (Wildman–Crippen MR) is 84.6 cm³/mol. The van der Waals surface area contributed by atoms with E-state index in [0.29, 0.717) is 23.6 Å². The van der Waals surface area contributed by atoms with Crippen LogP contribution < -0.4 is 15.8 Å². The summed E-state index contributed by atoms with van der Waals surface area (Å²) in [6, 6.07) is 5.39. The molecular weight excluding hydrogens is 266 g/mol. The third-order valence-corrected chi connectivity index (χ3v) is 3.79. The number of nitrogen functional groups attached to an aromatic ring is 1. The quantitative estimate of drug-likeness (QED) is 0.813. The van der Waals surface area contributed by atoms with Crippen LogP contribution in [0.1, 0.15) is 37.0 Å². The zero-order chi connectivity index (χ0) is 15.2. The molecule has 5 nitrogen and oxygen atoms in total. The Kier molecular flexibility index (Phi) is 5.44. The molecular formula is C16H25N3O2. The molecule has 1 aliphatic heterocycles. The van der Waals surface area contributed by atoms with Crippen LogP contribution in [-0.4, -0.2) is 43.1 Å². The van der Waals surface area contributed by atoms with Crippen molar-refractivity contribution in [3.05, 3.63) is 23.8 Å². The highest BCUT2D eigenvalue weighted by atomic mass is 16.5. The minimum Gasteiger partial charge on any atom is -0.494 e. The van der Waals surface area contributed by atoms with Gasteiger partial charge in [-0.15, -0.1) is 0 Å². The molecule has 1 atom stereocenters. The van der Waals surface area contributed by atoms with Crippen LogP contribution in [0.25, 0.3) is 0 Å². The summed E-state index contributed by atoms with van der Waals surface area (Å²) >= 11 is 0. The highest BCUT2D eigenvalue weighted by Gasteiger charge is 2.21. The molecule has 0 aliphatic carbocycles. The molecule has 0 bridgehead atoms. The molecule has 2 rings (SSSR count). The van der Waals surface area contributed by atoms with Gasteiger partial charge in [-0.2, -0.15) is 0 Å². The van der Waals surface area contributed by atoms with E-state index in [-0.39, 0.29) is 11.9 Å². The standard InChI is InChI=1S/C16H25N3O2/c1-3-19-7-5-6-14(11-19)18-16(20)12-8-13(17)10-15(9-12)21-4-2/h8-10,14H,3-7,11,17H2,1-2H3,(H,18,20). The Labute approximate surface area is 126 Å². The monoisotopic (exact) mass is 291 g/mol. The lowest BCUT2D eigenvalue weighted by Crippen LogP contribution is -2.47. The first-order valence-corrected chi connectivity index (χ1v) is 7.69. The van der Waals surface area contributed by atoms with E-state index in [1.54, 1.807) is 18.2 Å². The van der Waals surface area contributed by atoms with Gasteiger partial charge in [0.2, 0.25) is 0 Å². The smallest absolute Gasteiger partial charge is 0.251 e. The molecule has 0 radical (unpaired) electrons. The van der Waals surface area contributed by atoms with Crippen LogP contribution in [-0.2, 0) is 0 Å². The average molecular weight is 291 g/mol. The maximum absolute atomic E-state index is 12.4. The minimum atomic E-state index is -0.0776. The molecule has 0 spiro atoms. The number of nitrogens with one attached hydrogen (secondary N) is 1. The van der Waals surface area contributed by atoms with Gasteiger partial charge in [0, 0.05) is 29.9 Å². The minimum absolute atomic E-state index is 0.0776. The summed E-state index contributed by atoms with van der Waals surface area (Å²) in [4.78, 5) is 14.7. The van der Waals surface area contributed by atoms with Crippen molar-refractivity contribution >= 4 is 11.6 Å². The molecule has 1 fully saturated rings. The first-order valence-electron chi connectivity index (χ1n) is 7.69. The van der Waals surface area contributed by atoms with E-state index in [9.17, 15) is 4.79 Å². The van der Waals surface area contributed by atoms with E-state index < -0.39 is 0 Å². The molecule has 1 heterocycles. The van der Waals surface area contributed by atoms with E-state index in [4.69, 9.17) is 10.5 Å². The molecule has 21 heavy (non-hydrogen) atoms. The molecule has 1 aromatic rings. The Balaban J connectivity index is 2.02. The first kappa shape index (κ1) is 15.6. The van der Waals surface area contributed by atoms with Crippen molar-refractivity contribution in [2.75, 3.05) is 32.0 Å². The molecule has 116 valence electrons. The number of piperidine rings is 1. The largest absolute Gasteiger partial charge is 0.494 e. The van der Waals surface area contributed by atoms with Crippen LogP contribution in [0.3, 0.4) is 0 Å². The molecule has 3 N–H and O–H groups in total. The van der Waals surface area contributed by atoms with E-state index in [1.807, 2.05) is 6.92 Å². The Morgan fingerprint density at radius 1 is 1.43 bits per heavy atom. The summed E-state index contributed by atoms with van der Waals surface area (Å²) in [5.41, 5.74) is 6.94. The van der Waals surface area contributed by atoms with E-state index in [0.717, 1.165) is 32.5 Å². The van der Waals surface area contributed by atoms with Gasteiger partial charge in [-0.1, -0.05) is 6.92 Å². The van der Waals surface area contributed by atoms with Crippen LogP contribution in [0.4, 0.5) is 5.69 Å². The number of carbonyl (C=O) groups excluding carboxylic acids is 1. The van der Waals surface area contributed by atoms with Crippen LogP contribution in [0.15, 0.2) is 18.2 Å². The number of amides is 1. The van der Waals surface area contributed by atoms with Gasteiger partial charge in [-0.05, 0) is 45.0 Å². The van der Waals surface area contributed by atoms with E-state index in [1.165, 1.54) is 0 Å². The normalized spacial score (nSPS) is 19.2. The van der Waals surface area contributed by atoms with Gasteiger partial charge in [0.15, 0.2) is 0 Å². The number of likely N-dealkylation sites (tertiary alicyclic amines) is 1. The molecule has 1 amide bonds. The Hall–Kier alpha value is -1.75. The summed E-state index contributed by atoms with van der Waals surface area (Å²) in [7, 11) is 0. The first-order chi connectivity index (χ1) is 10.1. The van der Waals surface area contributed by atoms with Crippen molar-refractivity contribution in [3.63, 3.8) is 0 Å². The maximum atomic E-state index is 12.4. The highest BCUT2D eigenvalue weighted by Crippen LogP contribution is 2.19. The second kappa shape index (κ2) is 7.31. The molecule has 0 aromatic heterocycles. The Bertz CT molecular complexity index is 490. The van der Waals surface area contributed by atoms with Crippen LogP contribution in [0, 0.1) is 0 Å². The fraction of sp³-hybridized carbons (Fsp3) is 0.562. The number of ether oxygens (including phenoxy) is 1. The predicted octanol–water partition coefficient (Wildman–Crippen LogP) is 1.88. The molecule has 1 saturated heterocycles. The molecule has 1 unspecified atom stereocenters. The van der Waals surface area contributed by atoms with Crippen LogP contribution in [0.5, 0.6) is 5.75 Å². The van der Waals surface area contributed by atoms with Crippen molar-refractivity contribution in [2.45, 2.75) is 32.7 Å². The molecule has 1 aromatic carbocycles. The number of likely N-dealkylation sites (N-methyl/N-ethyl adjacent to an activating group) is 1. The van der Waals surface area contributed by atoms with Crippen LogP contribution >= 0.6 is 0 Å². The fourth-order valence-electron chi connectivity index (χ4n) is 2.73. The number of hydrogen-bond acceptors (Lipinski definition) is 4. The SMILES string of the molecule is CCOc1cc(N)cc(C(=O)NC2CCCN(CC)C2)c1. The summed E-state index contributed by atoms with van der Waals surface area (Å²) in [6.07, 6.45) is 2.16. The van der Waals surface area contributed by atoms with Gasteiger partial charge in [-0.25, -0.2) is 0 Å². The Morgan fingerprint density at radius 2 is 2.24 bits per heavy atom. The zero-order valence-corrected chi connectivity index (χ0v) is 12.9. The van der Waals surface area contributed by atoms with Crippen molar-refractivity contribution < 1.29 is 9.53 Å². The lowest BCUT2D eigenvalue weighted by molar-refractivity contribution is 0.0905. The average Bonchev–Trinajstić information content (AvgIpc) is 2.47. The van der Waals surface area contributed by atoms with Crippen molar-refractivity contribution in [2.24, 2.45) is 0 Å². The summed E-state index contributed by atoms with van der Waals surface area (Å²) in [5, 5.41) is 3.10. The number of anilines is 1. The topological polar surface area (TPSA) is 67.6 Å². The fourth-order valence-corrected chi connectivity index (χ4v) is 2.73. The van der Waals surface area contributed by atoms with Gasteiger partial charge in [-0.3, -0.25) is 4.79 Å². The van der Waals surface area contributed by atoms with Crippen molar-refractivity contribution in [1.82, 2.24) is 10.2 Å². The number of nitrogens with zero attached hydrogens (tertiary/aromatic N) is 1. The third kappa shape index (κ3) is 4.36. The van der Waals surface area contributed by atoms with Crippen molar-refractivity contribution in [1.29, 1.82) is 0 Å². The van der Waals surface area contributed by atoms with Gasteiger partial charge in [0.25, 0.3) is 5.91 Å². The second-order valence-corrected chi connectivity index (χ2v) is 5.43. The number of nitrogens with two attached hydrogens (primary N) is 1. The van der Waals surface area contributed by atoms with Gasteiger partial charge in [0.1, 0.15) is 5.75 Å². The van der Waals surface area contributed by atoms with Crippen LogP contribution in [0.2, 0.25) is 0 Å². The highest BCUT2D eigenvalue weighted by molar-refractivity contribution is 5.95. The number of benzene rings is 1. The third-order valence-electron chi connectivity index (χ3n) is 3.79. The van der Waals surface area contributed by atoms with Gasteiger partial charge < -0.3 is 20.7 Å². The Morgan fingerprint density at radius 3 is 2.95 bits per heavy atom. The zero-order valence-electron chi connectivity index (χ0n) is 12.9. The summed E-state index contributed by atoms with van der Waals surface area (Å²) in [5.74, 6) is 0.563. The number of hydrogen-bond donors (Lipinski definition) is 2. The molecule has 1 aliphatic rings. The second-order valence-electron chi connectivity index (χ2n) is 5.43. The van der Waals surface area contributed by atoms with Crippen molar-refractivity contribution in [3.8, 4) is 5.75 Å². The molecule has 5 heteroatoms. The lowest BCUT2D eigenvalue weighted by atomic mass is 10.0. The maximum Gasteiger partial charge on any atom is 0.251 e. The van der Waals surface area contributed by atoms with E-state index in [2.05, 4.69) is 17.1 Å².